The van der Waals surface area contributed by atoms with Gasteiger partial charge in [-0.3, -0.25) is 9.59 Å². The Morgan fingerprint density at radius 1 is 1.09 bits per heavy atom. The molecule has 0 bridgehead atoms. The minimum atomic E-state index is -0.501. The van der Waals surface area contributed by atoms with Crippen molar-refractivity contribution in [3.8, 4) is 0 Å². The number of nitrogens with zero attached hydrogens (tertiary/aromatic N) is 3. The van der Waals surface area contributed by atoms with E-state index in [-0.39, 0.29) is 24.0 Å². The van der Waals surface area contributed by atoms with Gasteiger partial charge in [-0.1, -0.05) is 57.0 Å². The topological polar surface area (TPSA) is 88.5 Å². The molecule has 1 saturated heterocycles. The molecule has 1 aliphatic heterocycles. The van der Waals surface area contributed by atoms with E-state index in [1.54, 1.807) is 7.11 Å². The summed E-state index contributed by atoms with van der Waals surface area (Å²) < 4.78 is 7.56. The van der Waals surface area contributed by atoms with Gasteiger partial charge < -0.3 is 24.8 Å². The highest BCUT2D eigenvalue weighted by molar-refractivity contribution is 6.36. The maximum atomic E-state index is 13.7. The molecule has 2 amide bonds. The monoisotopic (exact) mass is 627 g/mol. The van der Waals surface area contributed by atoms with Crippen molar-refractivity contribution in [1.29, 1.82) is 0 Å². The number of amides is 2. The molecule has 43 heavy (non-hydrogen) atoms. The molecular formula is C33H43Cl2N5O3. The molecule has 2 fully saturated rings. The fourth-order valence-corrected chi connectivity index (χ4v) is 6.44. The summed E-state index contributed by atoms with van der Waals surface area (Å²) in [6, 6.07) is 7.83. The van der Waals surface area contributed by atoms with E-state index in [2.05, 4.69) is 28.5 Å². The van der Waals surface area contributed by atoms with Gasteiger partial charge in [-0.15, -0.1) is 0 Å². The van der Waals surface area contributed by atoms with E-state index in [0.717, 1.165) is 72.4 Å². The summed E-state index contributed by atoms with van der Waals surface area (Å²) >= 11 is 13.5. The second-order valence-electron chi connectivity index (χ2n) is 13.2. The van der Waals surface area contributed by atoms with Crippen LogP contribution in [0.4, 0.5) is 5.69 Å². The molecule has 1 aromatic heterocycles. The third-order valence-electron chi connectivity index (χ3n) is 8.93. The normalized spacial score (nSPS) is 19.4. The van der Waals surface area contributed by atoms with Crippen LogP contribution in [-0.4, -0.2) is 53.7 Å². The van der Waals surface area contributed by atoms with E-state index in [1.165, 1.54) is 0 Å². The quantitative estimate of drug-likeness (QED) is 0.307. The molecule has 0 unspecified atom stereocenters. The van der Waals surface area contributed by atoms with E-state index in [4.69, 9.17) is 32.9 Å². The van der Waals surface area contributed by atoms with E-state index in [9.17, 15) is 9.59 Å². The molecule has 10 heteroatoms. The largest absolute Gasteiger partial charge is 0.378 e. The number of rotatable bonds is 8. The van der Waals surface area contributed by atoms with Crippen LogP contribution in [0.25, 0.3) is 11.0 Å². The molecule has 0 spiro atoms. The SMILES string of the molecule is COC1CN(c2cc3c(cc2C(=O)NC2CCC(C)CC2)nc(Cc2c(Cl)ccc(CNC(=O)C(C)(C)C)c2Cl)n3C)C1. The lowest BCUT2D eigenvalue weighted by molar-refractivity contribution is -0.128. The molecule has 2 heterocycles. The highest BCUT2D eigenvalue weighted by Gasteiger charge is 2.31. The molecule has 232 valence electrons. The molecule has 1 saturated carbocycles. The van der Waals surface area contributed by atoms with Gasteiger partial charge in [0.2, 0.25) is 5.91 Å². The van der Waals surface area contributed by atoms with Gasteiger partial charge in [0.1, 0.15) is 5.82 Å². The fraction of sp³-hybridized carbons (Fsp3) is 0.545. The highest BCUT2D eigenvalue weighted by atomic mass is 35.5. The predicted molar refractivity (Wildman–Crippen MR) is 173 cm³/mol. The van der Waals surface area contributed by atoms with Crippen molar-refractivity contribution in [2.24, 2.45) is 18.4 Å². The fourth-order valence-electron chi connectivity index (χ4n) is 5.87. The van der Waals surface area contributed by atoms with Crippen molar-refractivity contribution in [3.05, 3.63) is 56.8 Å². The van der Waals surface area contributed by atoms with Gasteiger partial charge in [0.15, 0.2) is 0 Å². The van der Waals surface area contributed by atoms with Crippen LogP contribution in [0.2, 0.25) is 10.0 Å². The van der Waals surface area contributed by atoms with Gasteiger partial charge in [-0.25, -0.2) is 4.98 Å². The van der Waals surface area contributed by atoms with Gasteiger partial charge in [0, 0.05) is 56.7 Å². The lowest BCUT2D eigenvalue weighted by Gasteiger charge is -2.41. The number of nitrogens with one attached hydrogen (secondary N) is 2. The first-order valence-corrected chi connectivity index (χ1v) is 15.9. The predicted octanol–water partition coefficient (Wildman–Crippen LogP) is 6.28. The number of halogens is 2. The number of ether oxygens (including phenoxy) is 1. The standard InChI is InChI=1S/C33H43Cl2N5O3/c1-19-7-10-21(11-8-19)37-31(41)24-13-26-28(15-27(24)40-17-22(18-40)43-6)39(5)29(38-26)14-23-25(34)12-9-20(30(23)35)16-36-32(42)33(2,3)4/h9,12-13,15,19,21-22H,7-8,10-11,14,16-18H2,1-6H3,(H,36,42)(H,37,41). The van der Waals surface area contributed by atoms with Crippen LogP contribution >= 0.6 is 23.2 Å². The Bertz CT molecular complexity index is 1520. The summed E-state index contributed by atoms with van der Waals surface area (Å²) in [7, 11) is 3.70. The summed E-state index contributed by atoms with van der Waals surface area (Å²) in [5, 5.41) is 7.33. The third-order valence-corrected chi connectivity index (χ3v) is 9.76. The summed E-state index contributed by atoms with van der Waals surface area (Å²) in [6.45, 7) is 9.67. The van der Waals surface area contributed by atoms with Crippen LogP contribution in [-0.2, 0) is 29.5 Å². The lowest BCUT2D eigenvalue weighted by atomic mass is 9.87. The Hall–Kier alpha value is -2.81. The molecule has 2 aromatic carbocycles. The molecule has 0 atom stereocenters. The Balaban J connectivity index is 1.44. The minimum absolute atomic E-state index is 0.0527. The number of carbonyl (C=O) groups is 2. The maximum Gasteiger partial charge on any atom is 0.253 e. The molecule has 8 nitrogen and oxygen atoms in total. The molecule has 0 radical (unpaired) electrons. The third kappa shape index (κ3) is 6.81. The number of imidazole rings is 1. The number of carbonyl (C=O) groups excluding carboxylic acids is 2. The number of hydrogen-bond acceptors (Lipinski definition) is 5. The van der Waals surface area contributed by atoms with E-state index in [1.807, 2.05) is 50.6 Å². The van der Waals surface area contributed by atoms with Crippen LogP contribution in [0, 0.1) is 11.3 Å². The second-order valence-corrected chi connectivity index (χ2v) is 14.0. The molecule has 3 aromatic rings. The zero-order valence-corrected chi connectivity index (χ0v) is 27.5. The molecular weight excluding hydrogens is 585 g/mol. The first kappa shape index (κ1) is 31.6. The van der Waals surface area contributed by atoms with Crippen molar-refractivity contribution in [2.75, 3.05) is 25.1 Å². The van der Waals surface area contributed by atoms with Gasteiger partial charge in [-0.2, -0.15) is 0 Å². The number of aryl methyl sites for hydroxylation is 1. The Labute approximate surface area is 264 Å². The van der Waals surface area contributed by atoms with Crippen LogP contribution in [0.5, 0.6) is 0 Å². The Morgan fingerprint density at radius 3 is 2.44 bits per heavy atom. The molecule has 5 rings (SSSR count). The average molecular weight is 629 g/mol. The average Bonchev–Trinajstić information content (AvgIpc) is 3.24. The summed E-state index contributed by atoms with van der Waals surface area (Å²) in [5.74, 6) is 1.38. The van der Waals surface area contributed by atoms with Gasteiger partial charge in [0.25, 0.3) is 5.91 Å². The van der Waals surface area contributed by atoms with E-state index in [0.29, 0.717) is 34.5 Å². The summed E-state index contributed by atoms with van der Waals surface area (Å²) in [5.41, 5.74) is 4.24. The first-order valence-electron chi connectivity index (χ1n) is 15.2. The van der Waals surface area contributed by atoms with Crippen LogP contribution in [0.15, 0.2) is 24.3 Å². The van der Waals surface area contributed by atoms with E-state index >= 15 is 0 Å². The molecule has 2 aliphatic rings. The number of hydrogen-bond donors (Lipinski definition) is 2. The Kier molecular flexibility index (Phi) is 9.31. The summed E-state index contributed by atoms with van der Waals surface area (Å²) in [6.07, 6.45) is 4.84. The number of aromatic nitrogens is 2. The minimum Gasteiger partial charge on any atom is -0.378 e. The number of benzene rings is 2. The van der Waals surface area contributed by atoms with Gasteiger partial charge in [0.05, 0.1) is 33.4 Å². The van der Waals surface area contributed by atoms with Crippen LogP contribution < -0.4 is 15.5 Å². The van der Waals surface area contributed by atoms with Gasteiger partial charge >= 0.3 is 0 Å². The number of methoxy groups -OCH3 is 1. The number of anilines is 1. The van der Waals surface area contributed by atoms with Crippen LogP contribution in [0.1, 0.15) is 80.7 Å². The first-order chi connectivity index (χ1) is 20.3. The number of fused-ring (bicyclic) bond motifs is 1. The highest BCUT2D eigenvalue weighted by Crippen LogP contribution is 2.34. The Morgan fingerprint density at radius 2 is 1.79 bits per heavy atom. The van der Waals surface area contributed by atoms with Crippen molar-refractivity contribution >= 4 is 51.7 Å². The van der Waals surface area contributed by atoms with Crippen molar-refractivity contribution in [2.45, 2.75) is 78.5 Å². The van der Waals surface area contributed by atoms with Gasteiger partial charge in [-0.05, 0) is 60.9 Å². The molecule has 2 N–H and O–H groups in total. The summed E-state index contributed by atoms with van der Waals surface area (Å²) in [4.78, 5) is 33.3. The smallest absolute Gasteiger partial charge is 0.253 e. The maximum absolute atomic E-state index is 13.7. The van der Waals surface area contributed by atoms with Crippen LogP contribution in [0.3, 0.4) is 0 Å². The van der Waals surface area contributed by atoms with Crippen molar-refractivity contribution in [1.82, 2.24) is 20.2 Å². The van der Waals surface area contributed by atoms with E-state index < -0.39 is 5.41 Å². The zero-order chi connectivity index (χ0) is 31.1. The second kappa shape index (κ2) is 12.7. The zero-order valence-electron chi connectivity index (χ0n) is 26.0. The van der Waals surface area contributed by atoms with Crippen molar-refractivity contribution < 1.29 is 14.3 Å². The molecule has 1 aliphatic carbocycles. The lowest BCUT2D eigenvalue weighted by Crippen LogP contribution is -2.52. The van der Waals surface area contributed by atoms with Crippen molar-refractivity contribution in [3.63, 3.8) is 0 Å².